The lowest BCUT2D eigenvalue weighted by Crippen LogP contribution is -2.48. The number of carbonyl (C=O) groups excluding carboxylic acids is 1. The molecule has 1 fully saturated rings. The molecule has 0 radical (unpaired) electrons. The Balaban J connectivity index is 2.32. The number of rotatable bonds is 1. The third kappa shape index (κ3) is 2.06. The van der Waals surface area contributed by atoms with Gasteiger partial charge in [0.05, 0.1) is 6.54 Å². The average Bonchev–Trinajstić information content (AvgIpc) is 2.16. The SMILES string of the molecule is O=C1CN(c2cc(=O)[nH]c(=O)[nH]2)CCN1. The van der Waals surface area contributed by atoms with Crippen LogP contribution in [-0.2, 0) is 4.79 Å². The minimum atomic E-state index is -0.566. The molecule has 1 aliphatic rings. The van der Waals surface area contributed by atoms with Gasteiger partial charge in [-0.3, -0.25) is 19.6 Å². The van der Waals surface area contributed by atoms with Crippen LogP contribution in [-0.4, -0.2) is 35.5 Å². The lowest BCUT2D eigenvalue weighted by molar-refractivity contribution is -0.120. The summed E-state index contributed by atoms with van der Waals surface area (Å²) in [6.07, 6.45) is 0. The van der Waals surface area contributed by atoms with Crippen LogP contribution in [0.1, 0.15) is 0 Å². The molecule has 7 heteroatoms. The van der Waals surface area contributed by atoms with Crippen LogP contribution >= 0.6 is 0 Å². The first-order valence-electron chi connectivity index (χ1n) is 4.50. The zero-order chi connectivity index (χ0) is 10.8. The van der Waals surface area contributed by atoms with Gasteiger partial charge in [-0.1, -0.05) is 0 Å². The minimum absolute atomic E-state index is 0.123. The van der Waals surface area contributed by atoms with Crippen molar-refractivity contribution >= 4 is 11.7 Å². The van der Waals surface area contributed by atoms with E-state index in [1.807, 2.05) is 0 Å². The Hall–Kier alpha value is -2.05. The zero-order valence-electron chi connectivity index (χ0n) is 7.87. The van der Waals surface area contributed by atoms with Crippen LogP contribution in [0.2, 0.25) is 0 Å². The first-order valence-corrected chi connectivity index (χ1v) is 4.50. The number of nitrogens with zero attached hydrogens (tertiary/aromatic N) is 1. The lowest BCUT2D eigenvalue weighted by Gasteiger charge is -2.27. The van der Waals surface area contributed by atoms with E-state index in [9.17, 15) is 14.4 Å². The number of H-pyrrole nitrogens is 2. The van der Waals surface area contributed by atoms with Crippen LogP contribution in [0, 0.1) is 0 Å². The number of carbonyl (C=O) groups is 1. The third-order valence-corrected chi connectivity index (χ3v) is 2.13. The number of piperazine rings is 1. The Labute approximate surface area is 84.1 Å². The molecule has 1 saturated heterocycles. The smallest absolute Gasteiger partial charge is 0.327 e. The maximum Gasteiger partial charge on any atom is 0.327 e. The molecule has 0 unspecified atom stereocenters. The van der Waals surface area contributed by atoms with Crippen LogP contribution in [0.5, 0.6) is 0 Å². The van der Waals surface area contributed by atoms with Gasteiger partial charge >= 0.3 is 5.69 Å². The second kappa shape index (κ2) is 3.60. The van der Waals surface area contributed by atoms with Crippen molar-refractivity contribution in [1.82, 2.24) is 15.3 Å². The van der Waals surface area contributed by atoms with Crippen LogP contribution in [0.4, 0.5) is 5.82 Å². The molecule has 0 spiro atoms. The quantitative estimate of drug-likeness (QED) is 0.499. The summed E-state index contributed by atoms with van der Waals surface area (Å²) in [5, 5.41) is 2.65. The highest BCUT2D eigenvalue weighted by Crippen LogP contribution is 2.05. The van der Waals surface area contributed by atoms with Crippen molar-refractivity contribution in [3.63, 3.8) is 0 Å². The molecule has 1 aromatic rings. The average molecular weight is 210 g/mol. The van der Waals surface area contributed by atoms with E-state index >= 15 is 0 Å². The fourth-order valence-corrected chi connectivity index (χ4v) is 1.47. The van der Waals surface area contributed by atoms with Crippen molar-refractivity contribution in [2.45, 2.75) is 0 Å². The number of aromatic amines is 2. The largest absolute Gasteiger partial charge is 0.353 e. The van der Waals surface area contributed by atoms with Gasteiger partial charge < -0.3 is 10.2 Å². The van der Waals surface area contributed by atoms with E-state index in [2.05, 4.69) is 15.3 Å². The van der Waals surface area contributed by atoms with Gasteiger partial charge in [-0.2, -0.15) is 0 Å². The highest BCUT2D eigenvalue weighted by molar-refractivity contribution is 5.82. The van der Waals surface area contributed by atoms with Crippen molar-refractivity contribution in [2.24, 2.45) is 0 Å². The molecule has 0 aliphatic carbocycles. The molecule has 1 amide bonds. The zero-order valence-corrected chi connectivity index (χ0v) is 7.87. The van der Waals surface area contributed by atoms with E-state index in [4.69, 9.17) is 0 Å². The summed E-state index contributed by atoms with van der Waals surface area (Å²) >= 11 is 0. The molecule has 2 rings (SSSR count). The number of hydrogen-bond donors (Lipinski definition) is 3. The molecule has 80 valence electrons. The minimum Gasteiger partial charge on any atom is -0.353 e. The summed E-state index contributed by atoms with van der Waals surface area (Å²) in [7, 11) is 0. The van der Waals surface area contributed by atoms with Crippen LogP contribution < -0.4 is 21.5 Å². The fourth-order valence-electron chi connectivity index (χ4n) is 1.47. The van der Waals surface area contributed by atoms with Crippen molar-refractivity contribution < 1.29 is 4.79 Å². The Morgan fingerprint density at radius 3 is 2.67 bits per heavy atom. The normalized spacial score (nSPS) is 16.3. The predicted octanol–water partition coefficient (Wildman–Crippen LogP) is -2.00. The number of nitrogens with one attached hydrogen (secondary N) is 3. The summed E-state index contributed by atoms with van der Waals surface area (Å²) in [5.41, 5.74) is -1.04. The highest BCUT2D eigenvalue weighted by atomic mass is 16.2. The van der Waals surface area contributed by atoms with Gasteiger partial charge in [0.1, 0.15) is 5.82 Å². The van der Waals surface area contributed by atoms with E-state index in [1.165, 1.54) is 6.07 Å². The second-order valence-corrected chi connectivity index (χ2v) is 3.24. The van der Waals surface area contributed by atoms with E-state index in [0.717, 1.165) is 0 Å². The predicted molar refractivity (Wildman–Crippen MR) is 52.9 cm³/mol. The van der Waals surface area contributed by atoms with Gasteiger partial charge in [0.15, 0.2) is 0 Å². The standard InChI is InChI=1S/C8H10N4O3/c13-6-3-5(10-8(15)11-6)12-2-1-9-7(14)4-12/h3H,1-2,4H2,(H,9,14)(H2,10,11,13,15). The molecule has 1 aromatic heterocycles. The van der Waals surface area contributed by atoms with Crippen LogP contribution in [0.25, 0.3) is 0 Å². The Bertz CT molecular complexity index is 461. The van der Waals surface area contributed by atoms with Gasteiger partial charge in [0.25, 0.3) is 5.56 Å². The van der Waals surface area contributed by atoms with Gasteiger partial charge in [-0.05, 0) is 0 Å². The monoisotopic (exact) mass is 210 g/mol. The summed E-state index contributed by atoms with van der Waals surface area (Å²) in [4.78, 5) is 39.3. The first kappa shape index (κ1) is 9.50. The van der Waals surface area contributed by atoms with Crippen LogP contribution in [0.15, 0.2) is 15.7 Å². The number of hydrogen-bond acceptors (Lipinski definition) is 4. The molecular formula is C8H10N4O3. The Kier molecular flexibility index (Phi) is 2.28. The van der Waals surface area contributed by atoms with Crippen molar-refractivity contribution in [2.75, 3.05) is 24.5 Å². The van der Waals surface area contributed by atoms with Crippen molar-refractivity contribution in [3.8, 4) is 0 Å². The molecule has 1 aliphatic heterocycles. The van der Waals surface area contributed by atoms with Crippen molar-refractivity contribution in [1.29, 1.82) is 0 Å². The highest BCUT2D eigenvalue weighted by Gasteiger charge is 2.17. The maximum absolute atomic E-state index is 11.1. The van der Waals surface area contributed by atoms with Gasteiger partial charge in [-0.15, -0.1) is 0 Å². The molecule has 0 atom stereocenters. The fraction of sp³-hybridized carbons (Fsp3) is 0.375. The molecular weight excluding hydrogens is 200 g/mol. The molecule has 15 heavy (non-hydrogen) atoms. The van der Waals surface area contributed by atoms with E-state index in [-0.39, 0.29) is 12.5 Å². The third-order valence-electron chi connectivity index (χ3n) is 2.13. The molecule has 3 N–H and O–H groups in total. The lowest BCUT2D eigenvalue weighted by atomic mass is 10.3. The topological polar surface area (TPSA) is 98.1 Å². The molecule has 7 nitrogen and oxygen atoms in total. The Morgan fingerprint density at radius 1 is 1.20 bits per heavy atom. The Morgan fingerprint density at radius 2 is 2.00 bits per heavy atom. The van der Waals surface area contributed by atoms with E-state index in [0.29, 0.717) is 18.9 Å². The van der Waals surface area contributed by atoms with Gasteiger partial charge in [0, 0.05) is 19.2 Å². The summed E-state index contributed by atoms with van der Waals surface area (Å²) < 4.78 is 0. The summed E-state index contributed by atoms with van der Waals surface area (Å²) in [5.74, 6) is 0.251. The van der Waals surface area contributed by atoms with Crippen LogP contribution in [0.3, 0.4) is 0 Å². The van der Waals surface area contributed by atoms with Crippen molar-refractivity contribution in [3.05, 3.63) is 26.9 Å². The molecule has 0 bridgehead atoms. The van der Waals surface area contributed by atoms with E-state index < -0.39 is 11.2 Å². The summed E-state index contributed by atoms with van der Waals surface area (Å²) in [6.45, 7) is 1.23. The maximum atomic E-state index is 11.1. The number of amides is 1. The molecule has 0 saturated carbocycles. The number of anilines is 1. The van der Waals surface area contributed by atoms with Gasteiger partial charge in [0.2, 0.25) is 5.91 Å². The molecule has 2 heterocycles. The van der Waals surface area contributed by atoms with E-state index in [1.54, 1.807) is 4.90 Å². The first-order chi connectivity index (χ1) is 7.15. The van der Waals surface area contributed by atoms with Gasteiger partial charge in [-0.25, -0.2) is 4.79 Å². The second-order valence-electron chi connectivity index (χ2n) is 3.24. The molecule has 0 aromatic carbocycles. The number of aromatic nitrogens is 2. The summed E-state index contributed by atoms with van der Waals surface area (Å²) in [6, 6.07) is 1.26.